The van der Waals surface area contributed by atoms with E-state index in [2.05, 4.69) is 5.32 Å². The molecule has 1 rings (SSSR count). The van der Waals surface area contributed by atoms with E-state index in [1.807, 2.05) is 0 Å². The third-order valence-electron chi connectivity index (χ3n) is 2.18. The van der Waals surface area contributed by atoms with Crippen molar-refractivity contribution in [3.8, 4) is 0 Å². The van der Waals surface area contributed by atoms with Crippen molar-refractivity contribution >= 4 is 24.0 Å². The Balaban J connectivity index is 2.95. The molecule has 1 amide bonds. The Morgan fingerprint density at radius 3 is 2.45 bits per heavy atom. The monoisotopic (exact) mass is 305 g/mol. The largest absolute Gasteiger partial charge is 0.444 e. The minimum Gasteiger partial charge on any atom is -0.444 e. The maximum absolute atomic E-state index is 13.7. The molecule has 1 aromatic rings. The minimum atomic E-state index is -1.36. The molecule has 1 atom stereocenters. The summed E-state index contributed by atoms with van der Waals surface area (Å²) >= 11 is 5.41. The van der Waals surface area contributed by atoms with Crippen LogP contribution in [0.1, 0.15) is 32.4 Å². The highest BCUT2D eigenvalue weighted by atomic mass is 35.5. The van der Waals surface area contributed by atoms with E-state index < -0.39 is 34.4 Å². The number of carbonyl (C=O) groups excluding carboxylic acids is 2. The normalized spacial score (nSPS) is 12.7. The highest BCUT2D eigenvalue weighted by Crippen LogP contribution is 2.23. The first-order valence-corrected chi connectivity index (χ1v) is 6.11. The van der Waals surface area contributed by atoms with Crippen molar-refractivity contribution < 1.29 is 23.1 Å². The highest BCUT2D eigenvalue weighted by Gasteiger charge is 2.23. The summed E-state index contributed by atoms with van der Waals surface area (Å²) in [7, 11) is 0. The highest BCUT2D eigenvalue weighted by molar-refractivity contribution is 6.30. The van der Waals surface area contributed by atoms with E-state index in [1.54, 1.807) is 20.8 Å². The Bertz CT molecular complexity index is 529. The van der Waals surface area contributed by atoms with Gasteiger partial charge in [-0.1, -0.05) is 11.6 Å². The average molecular weight is 306 g/mol. The van der Waals surface area contributed by atoms with Gasteiger partial charge in [-0.05, 0) is 32.9 Å². The van der Waals surface area contributed by atoms with Crippen molar-refractivity contribution in [2.45, 2.75) is 32.4 Å². The molecule has 0 spiro atoms. The fourth-order valence-corrected chi connectivity index (χ4v) is 1.55. The molecule has 0 saturated heterocycles. The summed E-state index contributed by atoms with van der Waals surface area (Å²) in [5, 5.41) is 1.74. The van der Waals surface area contributed by atoms with Gasteiger partial charge >= 0.3 is 6.09 Å². The molecule has 110 valence electrons. The maximum Gasteiger partial charge on any atom is 0.408 e. The van der Waals surface area contributed by atoms with Crippen LogP contribution in [-0.4, -0.2) is 18.0 Å². The van der Waals surface area contributed by atoms with Gasteiger partial charge in [-0.2, -0.15) is 0 Å². The number of aldehydes is 1. The lowest BCUT2D eigenvalue weighted by Gasteiger charge is -2.21. The lowest BCUT2D eigenvalue weighted by molar-refractivity contribution is -0.109. The molecule has 0 aliphatic heterocycles. The van der Waals surface area contributed by atoms with E-state index >= 15 is 0 Å². The number of hydrogen-bond donors (Lipinski definition) is 1. The zero-order valence-corrected chi connectivity index (χ0v) is 11.9. The molecule has 4 nitrogen and oxygen atoms in total. The molecule has 0 aliphatic carbocycles. The standard InChI is InChI=1S/C13H14ClF2NO3/c1-13(2,3)20-12(19)17-11(6-18)7-4-10(16)8(14)5-9(7)15/h4-6,11H,1-3H3,(H,17,19). The smallest absolute Gasteiger partial charge is 0.408 e. The van der Waals surface area contributed by atoms with Crippen molar-refractivity contribution in [1.82, 2.24) is 5.32 Å². The van der Waals surface area contributed by atoms with Crippen LogP contribution < -0.4 is 5.32 Å². The van der Waals surface area contributed by atoms with Gasteiger partial charge in [0, 0.05) is 5.56 Å². The van der Waals surface area contributed by atoms with Crippen LogP contribution >= 0.6 is 11.6 Å². The molecular formula is C13H14ClF2NO3. The molecule has 0 saturated carbocycles. The van der Waals surface area contributed by atoms with Gasteiger partial charge in [0.1, 0.15) is 29.6 Å². The molecular weight excluding hydrogens is 292 g/mol. The number of benzene rings is 1. The number of ether oxygens (including phenoxy) is 1. The summed E-state index contributed by atoms with van der Waals surface area (Å²) in [5.41, 5.74) is -1.10. The SMILES string of the molecule is CC(C)(C)OC(=O)NC(C=O)c1cc(F)c(Cl)cc1F. The van der Waals surface area contributed by atoms with Crippen LogP contribution in [0.5, 0.6) is 0 Å². The Labute approximate surface area is 120 Å². The third kappa shape index (κ3) is 4.45. The third-order valence-corrected chi connectivity index (χ3v) is 2.47. The van der Waals surface area contributed by atoms with Crippen molar-refractivity contribution in [2.75, 3.05) is 0 Å². The molecule has 0 radical (unpaired) electrons. The Kier molecular flexibility index (Phi) is 5.05. The second-order valence-electron chi connectivity index (χ2n) is 5.05. The zero-order valence-electron chi connectivity index (χ0n) is 11.2. The minimum absolute atomic E-state index is 0.273. The van der Waals surface area contributed by atoms with E-state index in [1.165, 1.54) is 0 Å². The summed E-state index contributed by atoms with van der Waals surface area (Å²) in [5.74, 6) is -1.79. The lowest BCUT2D eigenvalue weighted by atomic mass is 10.1. The summed E-state index contributed by atoms with van der Waals surface area (Å²) in [6.07, 6.45) is -0.639. The van der Waals surface area contributed by atoms with Crippen LogP contribution in [0.2, 0.25) is 5.02 Å². The predicted molar refractivity (Wildman–Crippen MR) is 69.5 cm³/mol. The molecule has 0 aromatic heterocycles. The Morgan fingerprint density at radius 2 is 1.95 bits per heavy atom. The number of hydrogen-bond acceptors (Lipinski definition) is 3. The van der Waals surface area contributed by atoms with Crippen LogP contribution in [0.4, 0.5) is 13.6 Å². The number of carbonyl (C=O) groups is 2. The summed E-state index contributed by atoms with van der Waals surface area (Å²) in [6, 6.07) is 0.129. The van der Waals surface area contributed by atoms with Gasteiger partial charge in [0.15, 0.2) is 0 Å². The van der Waals surface area contributed by atoms with Crippen molar-refractivity contribution in [3.05, 3.63) is 34.4 Å². The van der Waals surface area contributed by atoms with Gasteiger partial charge in [-0.3, -0.25) is 0 Å². The molecule has 20 heavy (non-hydrogen) atoms. The first-order valence-electron chi connectivity index (χ1n) is 5.73. The van der Waals surface area contributed by atoms with Gasteiger partial charge in [0.05, 0.1) is 5.02 Å². The fraction of sp³-hybridized carbons (Fsp3) is 0.385. The number of nitrogens with one attached hydrogen (secondary N) is 1. The van der Waals surface area contributed by atoms with E-state index in [-0.39, 0.29) is 11.8 Å². The molecule has 0 heterocycles. The second kappa shape index (κ2) is 6.17. The lowest BCUT2D eigenvalue weighted by Crippen LogP contribution is -2.35. The van der Waals surface area contributed by atoms with Gasteiger partial charge < -0.3 is 14.8 Å². The molecule has 0 bridgehead atoms. The Morgan fingerprint density at radius 1 is 1.35 bits per heavy atom. The van der Waals surface area contributed by atoms with E-state index in [4.69, 9.17) is 16.3 Å². The summed E-state index contributed by atoms with van der Waals surface area (Å²) in [4.78, 5) is 22.5. The van der Waals surface area contributed by atoms with Gasteiger partial charge in [-0.25, -0.2) is 13.6 Å². The maximum atomic E-state index is 13.7. The molecule has 0 aliphatic rings. The summed E-state index contributed by atoms with van der Waals surface area (Å²) in [6.45, 7) is 4.89. The molecule has 1 unspecified atom stereocenters. The number of halogens is 3. The number of rotatable bonds is 3. The average Bonchev–Trinajstić information content (AvgIpc) is 2.29. The molecule has 0 fully saturated rings. The molecule has 7 heteroatoms. The van der Waals surface area contributed by atoms with Crippen molar-refractivity contribution in [2.24, 2.45) is 0 Å². The summed E-state index contributed by atoms with van der Waals surface area (Å²) < 4.78 is 31.9. The van der Waals surface area contributed by atoms with Crippen LogP contribution in [0.15, 0.2) is 12.1 Å². The van der Waals surface area contributed by atoms with E-state index in [0.717, 1.165) is 12.1 Å². The van der Waals surface area contributed by atoms with Crippen LogP contribution in [-0.2, 0) is 9.53 Å². The predicted octanol–water partition coefficient (Wildman–Crippen LogP) is 3.38. The molecule has 1 N–H and O–H groups in total. The topological polar surface area (TPSA) is 55.4 Å². The van der Waals surface area contributed by atoms with Crippen molar-refractivity contribution in [1.29, 1.82) is 0 Å². The van der Waals surface area contributed by atoms with Gasteiger partial charge in [0.25, 0.3) is 0 Å². The van der Waals surface area contributed by atoms with Gasteiger partial charge in [0.2, 0.25) is 0 Å². The molecule has 1 aromatic carbocycles. The van der Waals surface area contributed by atoms with Crippen LogP contribution in [0, 0.1) is 11.6 Å². The first kappa shape index (κ1) is 16.4. The van der Waals surface area contributed by atoms with E-state index in [9.17, 15) is 18.4 Å². The second-order valence-corrected chi connectivity index (χ2v) is 5.46. The zero-order chi connectivity index (χ0) is 15.5. The fourth-order valence-electron chi connectivity index (χ4n) is 1.40. The van der Waals surface area contributed by atoms with Crippen LogP contribution in [0.25, 0.3) is 0 Å². The quantitative estimate of drug-likeness (QED) is 0.688. The van der Waals surface area contributed by atoms with Crippen LogP contribution in [0.3, 0.4) is 0 Å². The van der Waals surface area contributed by atoms with Crippen molar-refractivity contribution in [3.63, 3.8) is 0 Å². The number of alkyl carbamates (subject to hydrolysis) is 1. The van der Waals surface area contributed by atoms with E-state index in [0.29, 0.717) is 0 Å². The Hall–Kier alpha value is -1.69. The van der Waals surface area contributed by atoms with Gasteiger partial charge in [-0.15, -0.1) is 0 Å². The first-order chi connectivity index (χ1) is 9.14. The number of amides is 1.